The number of aromatic nitrogens is 2. The molecule has 0 atom stereocenters. The van der Waals surface area contributed by atoms with E-state index in [-0.39, 0.29) is 11.8 Å². The molecule has 0 spiro atoms. The van der Waals surface area contributed by atoms with Crippen LogP contribution in [-0.4, -0.2) is 24.2 Å². The van der Waals surface area contributed by atoms with E-state index in [1.807, 2.05) is 0 Å². The maximum absolute atomic E-state index is 13.1. The molecule has 1 heterocycles. The molecule has 2 aromatic carbocycles. The Bertz CT molecular complexity index is 835. The number of methoxy groups -OCH3 is 2. The molecule has 0 aliphatic rings. The Balaban J connectivity index is 2.31. The molecule has 6 heteroatoms. The van der Waals surface area contributed by atoms with Crippen LogP contribution in [0.3, 0.4) is 0 Å². The number of fused-ring (bicyclic) bond motifs is 1. The van der Waals surface area contributed by atoms with Crippen molar-refractivity contribution in [2.24, 2.45) is 0 Å². The first kappa shape index (κ1) is 14.1. The molecule has 5 nitrogen and oxygen atoms in total. The molecule has 0 radical (unpaired) electrons. The summed E-state index contributed by atoms with van der Waals surface area (Å²) in [6.45, 7) is 0. The minimum atomic E-state index is -0.311. The Morgan fingerprint density at radius 1 is 0.955 bits per heavy atom. The number of nitrogens with zero attached hydrogens (tertiary/aromatic N) is 2. The van der Waals surface area contributed by atoms with Crippen LogP contribution in [-0.2, 0) is 0 Å². The Morgan fingerprint density at radius 3 is 2.23 bits per heavy atom. The average molecular weight is 299 g/mol. The Morgan fingerprint density at radius 2 is 1.59 bits per heavy atom. The van der Waals surface area contributed by atoms with E-state index >= 15 is 0 Å². The van der Waals surface area contributed by atoms with Crippen molar-refractivity contribution in [1.29, 1.82) is 0 Å². The normalized spacial score (nSPS) is 10.7. The third-order valence-electron chi connectivity index (χ3n) is 3.34. The van der Waals surface area contributed by atoms with Crippen molar-refractivity contribution in [3.05, 3.63) is 42.2 Å². The Kier molecular flexibility index (Phi) is 3.50. The molecule has 2 N–H and O–H groups in total. The van der Waals surface area contributed by atoms with Crippen molar-refractivity contribution < 1.29 is 13.9 Å². The molecule has 0 amide bonds. The lowest BCUT2D eigenvalue weighted by molar-refractivity contribution is 0.356. The number of rotatable bonds is 3. The van der Waals surface area contributed by atoms with Gasteiger partial charge in [-0.15, -0.1) is 0 Å². The van der Waals surface area contributed by atoms with Gasteiger partial charge in [0.1, 0.15) is 5.82 Å². The highest BCUT2D eigenvalue weighted by atomic mass is 19.1. The number of nitrogens with two attached hydrogens (primary N) is 1. The minimum absolute atomic E-state index is 0.138. The molecule has 112 valence electrons. The highest BCUT2D eigenvalue weighted by molar-refractivity contribution is 5.95. The molecule has 22 heavy (non-hydrogen) atoms. The van der Waals surface area contributed by atoms with Crippen LogP contribution in [0.15, 0.2) is 36.4 Å². The maximum Gasteiger partial charge on any atom is 0.221 e. The monoisotopic (exact) mass is 299 g/mol. The van der Waals surface area contributed by atoms with Gasteiger partial charge >= 0.3 is 0 Å². The standard InChI is InChI=1S/C16H14FN3O2/c1-21-13-7-11-12(8-14(13)22-2)19-16(18)20-15(11)9-3-5-10(17)6-4-9/h3-8H,1-2H3,(H2,18,19,20). The maximum atomic E-state index is 13.1. The van der Waals surface area contributed by atoms with Crippen LogP contribution in [0.4, 0.5) is 10.3 Å². The second-order valence-corrected chi connectivity index (χ2v) is 4.66. The lowest BCUT2D eigenvalue weighted by Gasteiger charge is -2.12. The zero-order valence-electron chi connectivity index (χ0n) is 12.1. The van der Waals surface area contributed by atoms with Crippen LogP contribution in [0, 0.1) is 5.82 Å². The van der Waals surface area contributed by atoms with Crippen molar-refractivity contribution >= 4 is 16.9 Å². The Labute approximate surface area is 126 Å². The highest BCUT2D eigenvalue weighted by Crippen LogP contribution is 2.35. The number of halogens is 1. The van der Waals surface area contributed by atoms with Gasteiger partial charge in [0.2, 0.25) is 5.95 Å². The van der Waals surface area contributed by atoms with Crippen LogP contribution in [0.1, 0.15) is 0 Å². The van der Waals surface area contributed by atoms with Gasteiger partial charge in [0.25, 0.3) is 0 Å². The summed E-state index contributed by atoms with van der Waals surface area (Å²) in [5.41, 5.74) is 7.77. The molecular formula is C16H14FN3O2. The summed E-state index contributed by atoms with van der Waals surface area (Å²) in [5.74, 6) is 0.943. The van der Waals surface area contributed by atoms with E-state index in [9.17, 15) is 4.39 Å². The van der Waals surface area contributed by atoms with Crippen LogP contribution >= 0.6 is 0 Å². The van der Waals surface area contributed by atoms with Gasteiger partial charge in [-0.1, -0.05) is 0 Å². The van der Waals surface area contributed by atoms with Gasteiger partial charge in [-0.3, -0.25) is 0 Å². The van der Waals surface area contributed by atoms with Crippen LogP contribution < -0.4 is 15.2 Å². The van der Waals surface area contributed by atoms with Gasteiger partial charge in [0, 0.05) is 17.0 Å². The summed E-state index contributed by atoms with van der Waals surface area (Å²) in [5, 5.41) is 0.749. The van der Waals surface area contributed by atoms with Crippen molar-refractivity contribution in [3.63, 3.8) is 0 Å². The van der Waals surface area contributed by atoms with Crippen LogP contribution in [0.2, 0.25) is 0 Å². The SMILES string of the molecule is COc1cc2nc(N)nc(-c3ccc(F)cc3)c2cc1OC. The molecule has 0 bridgehead atoms. The molecule has 0 fully saturated rings. The lowest BCUT2D eigenvalue weighted by Crippen LogP contribution is -1.99. The third kappa shape index (κ3) is 2.39. The van der Waals surface area contributed by atoms with Crippen molar-refractivity contribution in [2.45, 2.75) is 0 Å². The number of nitrogen functional groups attached to an aromatic ring is 1. The zero-order valence-corrected chi connectivity index (χ0v) is 12.1. The van der Waals surface area contributed by atoms with E-state index < -0.39 is 0 Å². The summed E-state index contributed by atoms with van der Waals surface area (Å²) >= 11 is 0. The minimum Gasteiger partial charge on any atom is -0.493 e. The largest absolute Gasteiger partial charge is 0.493 e. The smallest absolute Gasteiger partial charge is 0.221 e. The predicted molar refractivity (Wildman–Crippen MR) is 82.4 cm³/mol. The molecule has 0 saturated carbocycles. The van der Waals surface area contributed by atoms with E-state index in [2.05, 4.69) is 9.97 Å². The topological polar surface area (TPSA) is 70.3 Å². The first-order valence-electron chi connectivity index (χ1n) is 6.57. The number of benzene rings is 2. The fourth-order valence-corrected chi connectivity index (χ4v) is 2.30. The molecule has 3 aromatic rings. The number of ether oxygens (including phenoxy) is 2. The van der Waals surface area contributed by atoms with Gasteiger partial charge in [0.15, 0.2) is 11.5 Å². The molecular weight excluding hydrogens is 285 g/mol. The molecule has 0 saturated heterocycles. The van der Waals surface area contributed by atoms with E-state index in [0.717, 1.165) is 10.9 Å². The summed E-state index contributed by atoms with van der Waals surface area (Å²) < 4.78 is 23.7. The first-order valence-corrected chi connectivity index (χ1v) is 6.57. The fourth-order valence-electron chi connectivity index (χ4n) is 2.30. The molecule has 0 aliphatic heterocycles. The fraction of sp³-hybridized carbons (Fsp3) is 0.125. The van der Waals surface area contributed by atoms with Crippen molar-refractivity contribution in [2.75, 3.05) is 20.0 Å². The van der Waals surface area contributed by atoms with Crippen molar-refractivity contribution in [3.8, 4) is 22.8 Å². The first-order chi connectivity index (χ1) is 10.6. The lowest BCUT2D eigenvalue weighted by atomic mass is 10.1. The number of hydrogen-bond acceptors (Lipinski definition) is 5. The molecule has 1 aromatic heterocycles. The Hall–Kier alpha value is -2.89. The van der Waals surface area contributed by atoms with Gasteiger partial charge in [-0.25, -0.2) is 14.4 Å². The summed E-state index contributed by atoms with van der Waals surface area (Å²) in [6, 6.07) is 9.56. The highest BCUT2D eigenvalue weighted by Gasteiger charge is 2.13. The molecule has 0 aliphatic carbocycles. The quantitative estimate of drug-likeness (QED) is 0.805. The predicted octanol–water partition coefficient (Wildman–Crippen LogP) is 3.04. The third-order valence-corrected chi connectivity index (χ3v) is 3.34. The average Bonchev–Trinajstić information content (AvgIpc) is 2.53. The van der Waals surface area contributed by atoms with E-state index in [1.54, 1.807) is 38.5 Å². The van der Waals surface area contributed by atoms with Gasteiger partial charge in [0.05, 0.1) is 25.4 Å². The second kappa shape index (κ2) is 5.48. The summed E-state index contributed by atoms with van der Waals surface area (Å²) in [7, 11) is 3.11. The second-order valence-electron chi connectivity index (χ2n) is 4.66. The number of anilines is 1. The van der Waals surface area contributed by atoms with E-state index in [0.29, 0.717) is 22.7 Å². The van der Waals surface area contributed by atoms with E-state index in [4.69, 9.17) is 15.2 Å². The van der Waals surface area contributed by atoms with Crippen molar-refractivity contribution in [1.82, 2.24) is 9.97 Å². The van der Waals surface area contributed by atoms with E-state index in [1.165, 1.54) is 12.1 Å². The van der Waals surface area contributed by atoms with Crippen LogP contribution in [0.25, 0.3) is 22.2 Å². The summed E-state index contributed by atoms with van der Waals surface area (Å²) in [6.07, 6.45) is 0. The molecule has 3 rings (SSSR count). The van der Waals surface area contributed by atoms with Gasteiger partial charge in [-0.2, -0.15) is 0 Å². The number of hydrogen-bond donors (Lipinski definition) is 1. The van der Waals surface area contributed by atoms with Gasteiger partial charge < -0.3 is 15.2 Å². The zero-order chi connectivity index (χ0) is 15.7. The molecule has 0 unspecified atom stereocenters. The van der Waals surface area contributed by atoms with Crippen LogP contribution in [0.5, 0.6) is 11.5 Å². The summed E-state index contributed by atoms with van der Waals surface area (Å²) in [4.78, 5) is 8.50. The van der Waals surface area contributed by atoms with Gasteiger partial charge in [-0.05, 0) is 30.3 Å².